The number of carbonyl (C=O) groups is 2. The van der Waals surface area contributed by atoms with Crippen molar-refractivity contribution in [2.75, 3.05) is 55.6 Å². The molecule has 44 heavy (non-hydrogen) atoms. The number of urea groups is 1. The van der Waals surface area contributed by atoms with Crippen molar-refractivity contribution < 1.29 is 9.59 Å². The number of nitrogens with one attached hydrogen (secondary N) is 2. The summed E-state index contributed by atoms with van der Waals surface area (Å²) in [5.74, 6) is 1.41. The van der Waals surface area contributed by atoms with Gasteiger partial charge in [0.25, 0.3) is 5.91 Å². The Hall–Kier alpha value is -4.67. The number of benzene rings is 1. The smallest absolute Gasteiger partial charge is 0.318 e. The van der Waals surface area contributed by atoms with Gasteiger partial charge in [-0.05, 0) is 43.7 Å². The van der Waals surface area contributed by atoms with Crippen molar-refractivity contribution in [3.63, 3.8) is 0 Å². The molecule has 0 radical (unpaired) electrons. The number of pyridine rings is 1. The third-order valence-electron chi connectivity index (χ3n) is 8.89. The molecule has 11 nitrogen and oxygen atoms in total. The molecule has 7 rings (SSSR count). The van der Waals surface area contributed by atoms with Crippen LogP contribution < -0.4 is 20.4 Å². The number of anilines is 2. The number of aromatic nitrogens is 4. The fourth-order valence-electron chi connectivity index (χ4n) is 6.39. The van der Waals surface area contributed by atoms with Gasteiger partial charge < -0.3 is 29.7 Å². The number of fused-ring (bicyclic) bond motifs is 1. The van der Waals surface area contributed by atoms with E-state index in [0.29, 0.717) is 31.2 Å². The predicted octanol–water partition coefficient (Wildman–Crippen LogP) is 3.76. The molecule has 3 aliphatic rings. The zero-order chi connectivity index (χ0) is 30.5. The molecule has 3 fully saturated rings. The largest absolute Gasteiger partial charge is 0.370 e. The van der Waals surface area contributed by atoms with E-state index in [1.54, 1.807) is 18.7 Å². The normalized spacial score (nSPS) is 19.2. The molecule has 0 saturated carbocycles. The van der Waals surface area contributed by atoms with E-state index in [9.17, 15) is 9.59 Å². The highest BCUT2D eigenvalue weighted by Gasteiger charge is 2.44. The van der Waals surface area contributed by atoms with Crippen molar-refractivity contribution in [1.82, 2.24) is 34.9 Å². The van der Waals surface area contributed by atoms with E-state index >= 15 is 0 Å². The second kappa shape index (κ2) is 12.9. The molecule has 1 aromatic carbocycles. The lowest BCUT2D eigenvalue weighted by Crippen LogP contribution is -2.52. The Balaban J connectivity index is 0.000000513. The van der Waals surface area contributed by atoms with E-state index in [-0.39, 0.29) is 17.5 Å². The van der Waals surface area contributed by atoms with E-state index in [1.165, 1.54) is 6.42 Å². The summed E-state index contributed by atoms with van der Waals surface area (Å²) in [6.07, 6.45) is 12.0. The molecule has 2 N–H and O–H groups in total. The summed E-state index contributed by atoms with van der Waals surface area (Å²) in [6, 6.07) is 14.0. The van der Waals surface area contributed by atoms with Crippen molar-refractivity contribution in [3.05, 3.63) is 84.8 Å². The first kappa shape index (κ1) is 29.4. The van der Waals surface area contributed by atoms with Crippen molar-refractivity contribution in [2.24, 2.45) is 5.92 Å². The molecule has 0 aliphatic carbocycles. The van der Waals surface area contributed by atoms with Gasteiger partial charge in [0.1, 0.15) is 11.2 Å². The summed E-state index contributed by atoms with van der Waals surface area (Å²) >= 11 is 0. The van der Waals surface area contributed by atoms with Crippen LogP contribution in [0.3, 0.4) is 0 Å². The second-order valence-electron chi connectivity index (χ2n) is 12.2. The summed E-state index contributed by atoms with van der Waals surface area (Å²) < 4.78 is 1.97. The monoisotopic (exact) mass is 595 g/mol. The zero-order valence-electron chi connectivity index (χ0n) is 25.5. The molecular weight excluding hydrogens is 554 g/mol. The molecule has 4 aromatic rings. The Morgan fingerprint density at radius 2 is 1.80 bits per heavy atom. The maximum absolute atomic E-state index is 12.8. The highest BCUT2D eigenvalue weighted by Crippen LogP contribution is 2.31. The highest BCUT2D eigenvalue weighted by molar-refractivity contribution is 5.94. The van der Waals surface area contributed by atoms with Crippen LogP contribution >= 0.6 is 0 Å². The lowest BCUT2D eigenvalue weighted by molar-refractivity contribution is 0.0944. The molecule has 3 aliphatic heterocycles. The number of amides is 3. The Morgan fingerprint density at radius 1 is 1.05 bits per heavy atom. The van der Waals surface area contributed by atoms with Crippen LogP contribution in [0.1, 0.15) is 42.2 Å². The predicted molar refractivity (Wildman–Crippen MR) is 171 cm³/mol. The summed E-state index contributed by atoms with van der Waals surface area (Å²) in [5.41, 5.74) is 3.12. The van der Waals surface area contributed by atoms with Gasteiger partial charge in [-0.2, -0.15) is 0 Å². The summed E-state index contributed by atoms with van der Waals surface area (Å²) in [4.78, 5) is 45.3. The minimum atomic E-state index is -0.246. The van der Waals surface area contributed by atoms with E-state index in [0.717, 1.165) is 61.6 Å². The first-order valence-electron chi connectivity index (χ1n) is 15.5. The minimum Gasteiger partial charge on any atom is -0.370 e. The average Bonchev–Trinajstić information content (AvgIpc) is 3.78. The molecule has 3 aromatic heterocycles. The van der Waals surface area contributed by atoms with Crippen molar-refractivity contribution in [1.29, 1.82) is 0 Å². The van der Waals surface area contributed by atoms with Gasteiger partial charge in [0, 0.05) is 58.2 Å². The number of imidazole rings is 1. The molecule has 3 amide bonds. The van der Waals surface area contributed by atoms with Crippen molar-refractivity contribution in [2.45, 2.75) is 38.6 Å². The quantitative estimate of drug-likeness (QED) is 0.349. The van der Waals surface area contributed by atoms with Gasteiger partial charge in [0.05, 0.1) is 29.9 Å². The average molecular weight is 596 g/mol. The molecule has 1 unspecified atom stereocenters. The molecule has 1 atom stereocenters. The molecule has 6 heterocycles. The standard InChI is InChI=1S/C27H35N9O2.C6H6/c1-19-3-8-34(16-19)21-13-20(2)23(31-14-21)25(37)30-7-11-35-17-27(32-26(35)38)4-9-33(10-5-27)24-22-15-28-18-36(22)12-6-29-24;1-2-4-6-5-3-1/h6,12-15,18-19H,3-5,7-11,16-17H2,1-2H3,(H,30,37)(H,32,38);1-6H. The number of piperidine rings is 1. The molecule has 230 valence electrons. The third kappa shape index (κ3) is 6.46. The number of aryl methyl sites for hydroxylation is 1. The van der Waals surface area contributed by atoms with Crippen LogP contribution in [-0.4, -0.2) is 87.5 Å². The number of rotatable bonds is 6. The van der Waals surface area contributed by atoms with Crippen LogP contribution in [0.5, 0.6) is 0 Å². The van der Waals surface area contributed by atoms with Gasteiger partial charge in [-0.15, -0.1) is 0 Å². The molecule has 11 heteroatoms. The van der Waals surface area contributed by atoms with Gasteiger partial charge >= 0.3 is 6.03 Å². The summed E-state index contributed by atoms with van der Waals surface area (Å²) in [7, 11) is 0. The van der Waals surface area contributed by atoms with E-state index in [1.807, 2.05) is 71.1 Å². The molecular formula is C33H41N9O2. The third-order valence-corrected chi connectivity index (χ3v) is 8.89. The van der Waals surface area contributed by atoms with E-state index < -0.39 is 0 Å². The van der Waals surface area contributed by atoms with Gasteiger partial charge in [-0.1, -0.05) is 43.3 Å². The fraction of sp³-hybridized carbons (Fsp3) is 0.424. The Kier molecular flexibility index (Phi) is 8.63. The maximum atomic E-state index is 12.8. The first-order chi connectivity index (χ1) is 21.4. The van der Waals surface area contributed by atoms with E-state index in [4.69, 9.17) is 0 Å². The van der Waals surface area contributed by atoms with Gasteiger partial charge in [-0.3, -0.25) is 4.79 Å². The van der Waals surface area contributed by atoms with Crippen LogP contribution in [-0.2, 0) is 0 Å². The number of nitrogens with zero attached hydrogens (tertiary/aromatic N) is 7. The van der Waals surface area contributed by atoms with Crippen LogP contribution in [0.15, 0.2) is 73.6 Å². The lowest BCUT2D eigenvalue weighted by Gasteiger charge is -2.39. The van der Waals surface area contributed by atoms with Crippen molar-refractivity contribution >= 4 is 29.0 Å². The van der Waals surface area contributed by atoms with E-state index in [2.05, 4.69) is 42.3 Å². The zero-order valence-corrected chi connectivity index (χ0v) is 25.5. The fourth-order valence-corrected chi connectivity index (χ4v) is 6.39. The Labute approximate surface area is 258 Å². The van der Waals surface area contributed by atoms with Crippen LogP contribution in [0.25, 0.3) is 5.52 Å². The number of hydrogen-bond acceptors (Lipinski definition) is 7. The molecule has 1 spiro atoms. The second-order valence-corrected chi connectivity index (χ2v) is 12.2. The van der Waals surface area contributed by atoms with Crippen LogP contribution in [0.2, 0.25) is 0 Å². The number of carbonyl (C=O) groups excluding carboxylic acids is 2. The first-order valence-corrected chi connectivity index (χ1v) is 15.5. The summed E-state index contributed by atoms with van der Waals surface area (Å²) in [6.45, 7) is 9.34. The van der Waals surface area contributed by atoms with Gasteiger partial charge in [0.2, 0.25) is 0 Å². The summed E-state index contributed by atoms with van der Waals surface area (Å²) in [5, 5.41) is 6.19. The molecule has 0 bridgehead atoms. The Morgan fingerprint density at radius 3 is 2.48 bits per heavy atom. The van der Waals surface area contributed by atoms with Crippen LogP contribution in [0.4, 0.5) is 16.3 Å². The maximum Gasteiger partial charge on any atom is 0.318 e. The molecule has 3 saturated heterocycles. The Bertz CT molecular complexity index is 1560. The SMILES string of the molecule is Cc1cc(N2CCC(C)C2)cnc1C(=O)NCCN1CC2(CCN(c3nccn4cncc34)CC2)NC1=O.c1ccccc1. The topological polar surface area (TPSA) is 111 Å². The lowest BCUT2D eigenvalue weighted by atomic mass is 9.88. The minimum absolute atomic E-state index is 0.0674. The van der Waals surface area contributed by atoms with Crippen LogP contribution in [0, 0.1) is 12.8 Å². The van der Waals surface area contributed by atoms with Gasteiger partial charge in [-0.25, -0.2) is 19.7 Å². The number of hydrogen-bond donors (Lipinski definition) is 2. The highest BCUT2D eigenvalue weighted by atomic mass is 16.2. The van der Waals surface area contributed by atoms with Gasteiger partial charge in [0.15, 0.2) is 5.82 Å². The van der Waals surface area contributed by atoms with Crippen molar-refractivity contribution in [3.8, 4) is 0 Å².